The lowest BCUT2D eigenvalue weighted by molar-refractivity contribution is -0.143. The van der Waals surface area contributed by atoms with Crippen molar-refractivity contribution in [2.24, 2.45) is 11.8 Å². The van der Waals surface area contributed by atoms with E-state index in [1.807, 2.05) is 0 Å². The molecule has 1 heterocycles. The standard InChI is InChI=1S/C25H24F2N2O3/c26-20-6-3-5-18(24(20)27)17-12-21(19-4-1-2-7-22(19)30)29-23(13-17)28-14-15-8-10-16(11-9-15)25(31)32/h1-7,12-13,15-16,30H,8-11,14H2,(H,28,29)(H,31,32). The van der Waals surface area contributed by atoms with E-state index < -0.39 is 17.6 Å². The summed E-state index contributed by atoms with van der Waals surface area (Å²) in [5, 5.41) is 22.7. The monoisotopic (exact) mass is 438 g/mol. The highest BCUT2D eigenvalue weighted by Gasteiger charge is 2.26. The number of aliphatic carboxylic acids is 1. The number of carbonyl (C=O) groups is 1. The Hall–Kier alpha value is -3.48. The van der Waals surface area contributed by atoms with Gasteiger partial charge in [0.25, 0.3) is 0 Å². The Morgan fingerprint density at radius 1 is 1.00 bits per heavy atom. The maximum absolute atomic E-state index is 14.5. The first kappa shape index (κ1) is 21.7. The van der Waals surface area contributed by atoms with Crippen LogP contribution in [0.15, 0.2) is 54.6 Å². The molecule has 4 rings (SSSR count). The summed E-state index contributed by atoms with van der Waals surface area (Å²) in [6.07, 6.45) is 2.89. The third-order valence-electron chi connectivity index (χ3n) is 6.04. The zero-order valence-corrected chi connectivity index (χ0v) is 17.4. The van der Waals surface area contributed by atoms with E-state index in [4.69, 9.17) is 0 Å². The number of rotatable bonds is 6. The number of anilines is 1. The first-order valence-corrected chi connectivity index (χ1v) is 10.6. The lowest BCUT2D eigenvalue weighted by atomic mass is 9.82. The van der Waals surface area contributed by atoms with Gasteiger partial charge in [-0.3, -0.25) is 4.79 Å². The van der Waals surface area contributed by atoms with E-state index in [-0.39, 0.29) is 17.2 Å². The highest BCUT2D eigenvalue weighted by Crippen LogP contribution is 2.34. The molecule has 1 fully saturated rings. The number of para-hydroxylation sites is 1. The van der Waals surface area contributed by atoms with Gasteiger partial charge in [0.2, 0.25) is 0 Å². The number of aromatic hydroxyl groups is 1. The third kappa shape index (κ3) is 4.72. The number of halogens is 2. The Kier molecular flexibility index (Phi) is 6.35. The number of hydrogen-bond donors (Lipinski definition) is 3. The molecule has 2 aromatic carbocycles. The normalized spacial score (nSPS) is 18.3. The lowest BCUT2D eigenvalue weighted by Crippen LogP contribution is -2.25. The highest BCUT2D eigenvalue weighted by atomic mass is 19.2. The van der Waals surface area contributed by atoms with Gasteiger partial charge in [-0.25, -0.2) is 13.8 Å². The predicted molar refractivity (Wildman–Crippen MR) is 118 cm³/mol. The summed E-state index contributed by atoms with van der Waals surface area (Å²) in [6, 6.07) is 14.0. The molecule has 32 heavy (non-hydrogen) atoms. The Morgan fingerprint density at radius 2 is 1.72 bits per heavy atom. The van der Waals surface area contributed by atoms with E-state index in [2.05, 4.69) is 10.3 Å². The van der Waals surface area contributed by atoms with Crippen molar-refractivity contribution in [3.8, 4) is 28.1 Å². The van der Waals surface area contributed by atoms with Crippen LogP contribution < -0.4 is 5.32 Å². The zero-order valence-electron chi connectivity index (χ0n) is 17.4. The zero-order chi connectivity index (χ0) is 22.7. The molecule has 0 saturated heterocycles. The summed E-state index contributed by atoms with van der Waals surface area (Å²) in [4.78, 5) is 15.7. The molecule has 3 aromatic rings. The number of nitrogens with zero attached hydrogens (tertiary/aromatic N) is 1. The third-order valence-corrected chi connectivity index (χ3v) is 6.04. The van der Waals surface area contributed by atoms with Gasteiger partial charge in [-0.1, -0.05) is 24.3 Å². The number of pyridine rings is 1. The van der Waals surface area contributed by atoms with E-state index in [1.54, 1.807) is 36.4 Å². The van der Waals surface area contributed by atoms with Crippen molar-refractivity contribution in [2.75, 3.05) is 11.9 Å². The smallest absolute Gasteiger partial charge is 0.306 e. The molecule has 1 aliphatic rings. The van der Waals surface area contributed by atoms with Crippen molar-refractivity contribution >= 4 is 11.8 Å². The number of phenols is 1. The number of carboxylic acid groups (broad SMARTS) is 1. The number of benzene rings is 2. The molecular formula is C25H24F2N2O3. The molecule has 7 heteroatoms. The molecule has 0 bridgehead atoms. The Morgan fingerprint density at radius 3 is 2.44 bits per heavy atom. The van der Waals surface area contributed by atoms with Crippen molar-refractivity contribution in [1.29, 1.82) is 0 Å². The van der Waals surface area contributed by atoms with Crippen LogP contribution in [0, 0.1) is 23.5 Å². The fourth-order valence-corrected chi connectivity index (χ4v) is 4.19. The molecule has 1 aromatic heterocycles. The number of hydrogen-bond acceptors (Lipinski definition) is 4. The molecular weight excluding hydrogens is 414 g/mol. The van der Waals surface area contributed by atoms with Gasteiger partial charge in [0.15, 0.2) is 11.6 Å². The number of phenolic OH excluding ortho intramolecular Hbond substituents is 1. The average molecular weight is 438 g/mol. The molecule has 1 aliphatic carbocycles. The van der Waals surface area contributed by atoms with Crippen molar-refractivity contribution in [2.45, 2.75) is 25.7 Å². The van der Waals surface area contributed by atoms with Crippen molar-refractivity contribution in [3.63, 3.8) is 0 Å². The lowest BCUT2D eigenvalue weighted by Gasteiger charge is -2.26. The van der Waals surface area contributed by atoms with Crippen LogP contribution in [-0.4, -0.2) is 27.7 Å². The van der Waals surface area contributed by atoms with Crippen molar-refractivity contribution in [3.05, 3.63) is 66.2 Å². The summed E-state index contributed by atoms with van der Waals surface area (Å²) in [5.74, 6) is -2.09. The number of nitrogens with one attached hydrogen (secondary N) is 1. The summed E-state index contributed by atoms with van der Waals surface area (Å²) < 4.78 is 28.3. The fourth-order valence-electron chi connectivity index (χ4n) is 4.19. The Balaban J connectivity index is 1.63. The van der Waals surface area contributed by atoms with E-state index in [9.17, 15) is 23.8 Å². The predicted octanol–water partition coefficient (Wildman–Crippen LogP) is 5.70. The van der Waals surface area contributed by atoms with Gasteiger partial charge < -0.3 is 15.5 Å². The van der Waals surface area contributed by atoms with Crippen molar-refractivity contribution in [1.82, 2.24) is 4.98 Å². The van der Waals surface area contributed by atoms with Crippen LogP contribution in [-0.2, 0) is 4.79 Å². The van der Waals surface area contributed by atoms with Crippen LogP contribution in [0.3, 0.4) is 0 Å². The Labute approximate surface area is 184 Å². The minimum absolute atomic E-state index is 0.0369. The number of carboxylic acids is 1. The molecule has 0 unspecified atom stereocenters. The van der Waals surface area contributed by atoms with Crippen LogP contribution in [0.1, 0.15) is 25.7 Å². The summed E-state index contributed by atoms with van der Waals surface area (Å²) in [6.45, 7) is 0.592. The van der Waals surface area contributed by atoms with Crippen LogP contribution >= 0.6 is 0 Å². The molecule has 0 radical (unpaired) electrons. The first-order chi connectivity index (χ1) is 15.4. The van der Waals surface area contributed by atoms with E-state index in [0.717, 1.165) is 18.9 Å². The first-order valence-electron chi connectivity index (χ1n) is 10.6. The summed E-state index contributed by atoms with van der Waals surface area (Å²) in [7, 11) is 0. The summed E-state index contributed by atoms with van der Waals surface area (Å²) >= 11 is 0. The van der Waals surface area contributed by atoms with Crippen molar-refractivity contribution < 1.29 is 23.8 Å². The molecule has 166 valence electrons. The van der Waals surface area contributed by atoms with Gasteiger partial charge in [-0.05, 0) is 67.5 Å². The van der Waals surface area contributed by atoms with E-state index in [0.29, 0.717) is 47.9 Å². The maximum Gasteiger partial charge on any atom is 0.306 e. The maximum atomic E-state index is 14.5. The molecule has 0 amide bonds. The molecule has 5 nitrogen and oxygen atoms in total. The van der Waals surface area contributed by atoms with Crippen LogP contribution in [0.5, 0.6) is 5.75 Å². The molecule has 3 N–H and O–H groups in total. The quantitative estimate of drug-likeness (QED) is 0.460. The highest BCUT2D eigenvalue weighted by molar-refractivity contribution is 5.76. The van der Waals surface area contributed by atoms with Gasteiger partial charge in [-0.2, -0.15) is 0 Å². The molecule has 0 atom stereocenters. The van der Waals surface area contributed by atoms with Gasteiger partial charge >= 0.3 is 5.97 Å². The second kappa shape index (κ2) is 9.34. The summed E-state index contributed by atoms with van der Waals surface area (Å²) in [5.41, 5.74) is 1.46. The van der Waals surface area contributed by atoms with Gasteiger partial charge in [0.05, 0.1) is 11.6 Å². The molecule has 1 saturated carbocycles. The van der Waals surface area contributed by atoms with Crippen LogP contribution in [0.2, 0.25) is 0 Å². The largest absolute Gasteiger partial charge is 0.507 e. The SMILES string of the molecule is O=C(O)C1CCC(CNc2cc(-c3cccc(F)c3F)cc(-c3ccccc3O)n2)CC1. The molecule has 0 spiro atoms. The van der Waals surface area contributed by atoms with Crippen LogP contribution in [0.4, 0.5) is 14.6 Å². The number of aromatic nitrogens is 1. The topological polar surface area (TPSA) is 82.5 Å². The Bertz CT molecular complexity index is 1130. The average Bonchev–Trinajstić information content (AvgIpc) is 2.80. The van der Waals surface area contributed by atoms with Gasteiger partial charge in [0, 0.05) is 17.7 Å². The van der Waals surface area contributed by atoms with Gasteiger partial charge in [0.1, 0.15) is 11.6 Å². The minimum Gasteiger partial charge on any atom is -0.507 e. The van der Waals surface area contributed by atoms with E-state index in [1.165, 1.54) is 12.1 Å². The van der Waals surface area contributed by atoms with Gasteiger partial charge in [-0.15, -0.1) is 0 Å². The molecule has 0 aliphatic heterocycles. The minimum atomic E-state index is -0.945. The second-order valence-electron chi connectivity index (χ2n) is 8.18. The van der Waals surface area contributed by atoms with Crippen LogP contribution in [0.25, 0.3) is 22.4 Å². The fraction of sp³-hybridized carbons (Fsp3) is 0.280. The van der Waals surface area contributed by atoms with E-state index >= 15 is 0 Å². The second-order valence-corrected chi connectivity index (χ2v) is 8.18.